The summed E-state index contributed by atoms with van der Waals surface area (Å²) in [4.78, 5) is 33.5. The van der Waals surface area contributed by atoms with E-state index in [1.54, 1.807) is 6.26 Å². The van der Waals surface area contributed by atoms with Gasteiger partial charge in [-0.25, -0.2) is 4.57 Å². The molecule has 0 aromatic rings. The van der Waals surface area contributed by atoms with Crippen molar-refractivity contribution in [1.82, 2.24) is 0 Å². The average molecular weight is 790 g/mol. The van der Waals surface area contributed by atoms with Crippen molar-refractivity contribution in [1.29, 1.82) is 0 Å². The second kappa shape index (κ2) is 39.8. The first kappa shape index (κ1) is 52.6. The molecule has 0 aliphatic carbocycles. The summed E-state index contributed by atoms with van der Waals surface area (Å²) in [6.45, 7) is 3.30. The van der Waals surface area contributed by atoms with E-state index in [-0.39, 0.29) is 13.0 Å². The first-order chi connectivity index (χ1) is 26.2. The number of hydrogen-bond acceptors (Lipinski definition) is 8. The van der Waals surface area contributed by atoms with Crippen LogP contribution in [0.15, 0.2) is 12.3 Å². The number of phosphoric ester groups is 1. The van der Waals surface area contributed by atoms with Crippen LogP contribution < -0.4 is 5.73 Å². The number of esters is 1. The second-order valence-corrected chi connectivity index (χ2v) is 16.7. The van der Waals surface area contributed by atoms with Gasteiger partial charge in [-0.15, -0.1) is 0 Å². The monoisotopic (exact) mass is 790 g/mol. The van der Waals surface area contributed by atoms with Crippen molar-refractivity contribution in [2.45, 2.75) is 231 Å². The molecule has 0 radical (unpaired) electrons. The van der Waals surface area contributed by atoms with E-state index in [1.807, 2.05) is 6.08 Å². The van der Waals surface area contributed by atoms with Crippen molar-refractivity contribution < 1.29 is 42.7 Å². The molecule has 0 saturated heterocycles. The Bertz CT molecular complexity index is 919. The first-order valence-electron chi connectivity index (χ1n) is 22.3. The maximum absolute atomic E-state index is 12.6. The van der Waals surface area contributed by atoms with E-state index >= 15 is 0 Å². The van der Waals surface area contributed by atoms with Gasteiger partial charge in [-0.1, -0.05) is 194 Å². The van der Waals surface area contributed by atoms with Crippen LogP contribution >= 0.6 is 7.82 Å². The van der Waals surface area contributed by atoms with Crippen LogP contribution in [0.25, 0.3) is 0 Å². The van der Waals surface area contributed by atoms with Crippen LogP contribution in [0.1, 0.15) is 219 Å². The molecule has 0 rings (SSSR count). The van der Waals surface area contributed by atoms with Crippen LogP contribution in [-0.2, 0) is 32.7 Å². The molecule has 0 heterocycles. The number of rotatable bonds is 43. The molecule has 0 aromatic heterocycles. The highest BCUT2D eigenvalue weighted by atomic mass is 31.2. The topological polar surface area (TPSA) is 155 Å². The Morgan fingerprint density at radius 2 is 0.944 bits per heavy atom. The molecule has 320 valence electrons. The molecule has 4 N–H and O–H groups in total. The van der Waals surface area contributed by atoms with Gasteiger partial charge >= 0.3 is 19.8 Å². The lowest BCUT2D eigenvalue weighted by Crippen LogP contribution is -2.34. The number of ether oxygens (including phenoxy) is 2. The molecular formula is C43H84NO9P. The SMILES string of the molecule is CCCCCCCCCCCCCC/C=C\OC[C@H](COP(=O)(O)OC[C@H](N)C(=O)O)OC(=O)CCCCCCCCCCCCCCCCCCCC. The Balaban J connectivity index is 4.22. The number of carbonyl (C=O) groups is 2. The fourth-order valence-electron chi connectivity index (χ4n) is 6.39. The Hall–Kier alpha value is -1.45. The van der Waals surface area contributed by atoms with Crippen LogP contribution in [0.5, 0.6) is 0 Å². The van der Waals surface area contributed by atoms with Crippen LogP contribution in [0.4, 0.5) is 0 Å². The summed E-state index contributed by atoms with van der Waals surface area (Å²) in [6.07, 6.45) is 42.1. The van der Waals surface area contributed by atoms with E-state index in [0.29, 0.717) is 6.42 Å². The molecule has 0 aliphatic rings. The van der Waals surface area contributed by atoms with Gasteiger partial charge in [-0.05, 0) is 25.3 Å². The number of hydrogen-bond donors (Lipinski definition) is 3. The fourth-order valence-corrected chi connectivity index (χ4v) is 7.17. The van der Waals surface area contributed by atoms with Crippen molar-refractivity contribution in [2.75, 3.05) is 19.8 Å². The molecule has 0 aromatic carbocycles. The molecule has 0 fully saturated rings. The number of carboxylic acid groups (broad SMARTS) is 1. The van der Waals surface area contributed by atoms with E-state index in [1.165, 1.54) is 167 Å². The largest absolute Gasteiger partial charge is 0.498 e. The molecule has 0 aliphatic heterocycles. The van der Waals surface area contributed by atoms with E-state index in [0.717, 1.165) is 25.7 Å². The van der Waals surface area contributed by atoms with Gasteiger partial charge in [0.1, 0.15) is 12.6 Å². The smallest absolute Gasteiger partial charge is 0.472 e. The van der Waals surface area contributed by atoms with E-state index in [9.17, 15) is 19.0 Å². The highest BCUT2D eigenvalue weighted by molar-refractivity contribution is 7.47. The number of nitrogens with two attached hydrogens (primary N) is 1. The normalized spacial score (nSPS) is 13.9. The summed E-state index contributed by atoms with van der Waals surface area (Å²) in [5.41, 5.74) is 5.35. The van der Waals surface area contributed by atoms with Crippen molar-refractivity contribution in [3.05, 3.63) is 12.3 Å². The molecule has 0 bridgehead atoms. The summed E-state index contributed by atoms with van der Waals surface area (Å²) in [5.74, 6) is -1.80. The summed E-state index contributed by atoms with van der Waals surface area (Å²) in [5, 5.41) is 8.89. The maximum Gasteiger partial charge on any atom is 0.472 e. The van der Waals surface area contributed by atoms with Gasteiger partial charge in [-0.2, -0.15) is 0 Å². The molecule has 0 saturated carbocycles. The molecule has 11 heteroatoms. The summed E-state index contributed by atoms with van der Waals surface area (Å²) in [7, 11) is -4.62. The lowest BCUT2D eigenvalue weighted by atomic mass is 10.0. The van der Waals surface area contributed by atoms with Gasteiger partial charge in [0.25, 0.3) is 0 Å². The number of unbranched alkanes of at least 4 members (excludes halogenated alkanes) is 29. The lowest BCUT2D eigenvalue weighted by molar-refractivity contribution is -0.153. The third-order valence-corrected chi connectivity index (χ3v) is 10.8. The predicted octanol–water partition coefficient (Wildman–Crippen LogP) is 12.5. The first-order valence-corrected chi connectivity index (χ1v) is 23.8. The van der Waals surface area contributed by atoms with Crippen molar-refractivity contribution in [2.24, 2.45) is 5.73 Å². The van der Waals surface area contributed by atoms with Crippen LogP contribution in [0, 0.1) is 0 Å². The number of allylic oxidation sites excluding steroid dienone is 1. The number of aliphatic carboxylic acids is 1. The van der Waals surface area contributed by atoms with Gasteiger partial charge in [0, 0.05) is 6.42 Å². The van der Waals surface area contributed by atoms with E-state index in [4.69, 9.17) is 29.4 Å². The molecule has 1 unspecified atom stereocenters. The highest BCUT2D eigenvalue weighted by Crippen LogP contribution is 2.43. The summed E-state index contributed by atoms with van der Waals surface area (Å²) in [6, 6.07) is -1.48. The van der Waals surface area contributed by atoms with Gasteiger partial charge < -0.3 is 25.2 Å². The van der Waals surface area contributed by atoms with Gasteiger partial charge in [0.05, 0.1) is 19.5 Å². The molecule has 10 nitrogen and oxygen atoms in total. The van der Waals surface area contributed by atoms with Gasteiger partial charge in [0.2, 0.25) is 0 Å². The Morgan fingerprint density at radius 3 is 1.35 bits per heavy atom. The maximum atomic E-state index is 12.6. The fraction of sp³-hybridized carbons (Fsp3) is 0.907. The van der Waals surface area contributed by atoms with Gasteiger partial charge in [-0.3, -0.25) is 18.6 Å². The van der Waals surface area contributed by atoms with E-state index < -0.39 is 45.1 Å². The average Bonchev–Trinajstić information content (AvgIpc) is 3.15. The predicted molar refractivity (Wildman–Crippen MR) is 221 cm³/mol. The van der Waals surface area contributed by atoms with Crippen LogP contribution in [0.2, 0.25) is 0 Å². The minimum Gasteiger partial charge on any atom is -0.498 e. The molecule has 0 spiro atoms. The number of phosphoric acid groups is 1. The Morgan fingerprint density at radius 1 is 0.574 bits per heavy atom. The van der Waals surface area contributed by atoms with Crippen molar-refractivity contribution in [3.63, 3.8) is 0 Å². The Kier molecular flexibility index (Phi) is 38.7. The van der Waals surface area contributed by atoms with Crippen LogP contribution in [0.3, 0.4) is 0 Å². The highest BCUT2D eigenvalue weighted by Gasteiger charge is 2.27. The van der Waals surface area contributed by atoms with E-state index in [2.05, 4.69) is 13.8 Å². The zero-order valence-corrected chi connectivity index (χ0v) is 35.7. The molecular weight excluding hydrogens is 705 g/mol. The zero-order chi connectivity index (χ0) is 39.8. The third-order valence-electron chi connectivity index (χ3n) is 9.89. The van der Waals surface area contributed by atoms with Gasteiger partial charge in [0.15, 0.2) is 6.10 Å². The second-order valence-electron chi connectivity index (χ2n) is 15.3. The lowest BCUT2D eigenvalue weighted by Gasteiger charge is -2.20. The standard InChI is InChI=1S/C43H84NO9P/c1-3-5-7-9-11-13-15-17-19-20-21-22-23-25-27-29-31-33-35-42(45)53-40(38-51-54(48,49)52-39-41(44)43(46)47)37-50-36-34-32-30-28-26-24-18-16-14-12-10-8-6-4-2/h34,36,40-41H,3-33,35,37-39,44H2,1-2H3,(H,46,47)(H,48,49)/b36-34-/t40-,41+/m1/s1. The minimum atomic E-state index is -4.62. The van der Waals surface area contributed by atoms with Crippen molar-refractivity contribution >= 4 is 19.8 Å². The quantitative estimate of drug-likeness (QED) is 0.0235. The minimum absolute atomic E-state index is 0.0611. The summed E-state index contributed by atoms with van der Waals surface area (Å²) < 4.78 is 33.1. The molecule has 0 amide bonds. The number of carbonyl (C=O) groups excluding carboxylic acids is 1. The third kappa shape index (κ3) is 38.8. The zero-order valence-electron chi connectivity index (χ0n) is 34.8. The summed E-state index contributed by atoms with van der Waals surface area (Å²) >= 11 is 0. The molecule has 54 heavy (non-hydrogen) atoms. The van der Waals surface area contributed by atoms with Crippen LogP contribution in [-0.4, -0.2) is 53.9 Å². The van der Waals surface area contributed by atoms with Crippen molar-refractivity contribution in [3.8, 4) is 0 Å². The number of carboxylic acids is 1. The Labute approximate surface area is 331 Å². The molecule has 3 atom stereocenters.